The van der Waals surface area contributed by atoms with Gasteiger partial charge in [-0.25, -0.2) is 0 Å². The Morgan fingerprint density at radius 1 is 1.31 bits per heavy atom. The lowest BCUT2D eigenvalue weighted by Crippen LogP contribution is -2.06. The Labute approximate surface area is 74.6 Å². The molecule has 0 fully saturated rings. The van der Waals surface area contributed by atoms with Crippen molar-refractivity contribution in [2.45, 2.75) is 0 Å². The molecule has 0 heterocycles. The number of primary amides is 1. The fourth-order valence-corrected chi connectivity index (χ4v) is 0.780. The Morgan fingerprint density at radius 2 is 1.85 bits per heavy atom. The first kappa shape index (κ1) is 8.94. The van der Waals surface area contributed by atoms with Crippen molar-refractivity contribution in [3.05, 3.63) is 23.8 Å². The summed E-state index contributed by atoms with van der Waals surface area (Å²) in [5, 5.41) is 18.4. The summed E-state index contributed by atoms with van der Waals surface area (Å²) >= 11 is 0. The number of benzene rings is 1. The van der Waals surface area contributed by atoms with Gasteiger partial charge >= 0.3 is 0 Å². The quantitative estimate of drug-likeness (QED) is 0.485. The van der Waals surface area contributed by atoms with E-state index in [4.69, 9.17) is 5.73 Å². The molecule has 0 radical (unpaired) electrons. The molecule has 1 aromatic rings. The molecule has 0 spiro atoms. The highest BCUT2D eigenvalue weighted by atomic mass is 16.3. The fraction of sp³-hybridized carbons (Fsp3) is 0. The van der Waals surface area contributed by atoms with Gasteiger partial charge in [-0.05, 0) is 18.1 Å². The second kappa shape index (κ2) is 3.50. The zero-order valence-corrected chi connectivity index (χ0v) is 6.61. The van der Waals surface area contributed by atoms with Crippen LogP contribution in [-0.4, -0.2) is 16.1 Å². The third kappa shape index (κ3) is 2.14. The molecule has 0 aliphatic carbocycles. The number of carbonyl (C=O) groups excluding carboxylic acids is 1. The Kier molecular flexibility index (Phi) is 2.41. The molecule has 0 unspecified atom stereocenters. The normalized spacial score (nSPS) is 8.62. The molecule has 1 rings (SSSR count). The number of hydrogen-bond donors (Lipinski definition) is 3. The SMILES string of the molecule is NC(=O)C#Cc1c(O)cccc1O. The Morgan fingerprint density at radius 3 is 2.31 bits per heavy atom. The van der Waals surface area contributed by atoms with Crippen LogP contribution >= 0.6 is 0 Å². The minimum absolute atomic E-state index is 0.00120. The maximum atomic E-state index is 10.3. The monoisotopic (exact) mass is 177 g/mol. The number of phenols is 2. The number of hydrogen-bond acceptors (Lipinski definition) is 3. The van der Waals surface area contributed by atoms with Crippen molar-refractivity contribution in [3.8, 4) is 23.3 Å². The zero-order chi connectivity index (χ0) is 9.84. The Bertz CT molecular complexity index is 381. The molecule has 4 N–H and O–H groups in total. The van der Waals surface area contributed by atoms with Crippen LogP contribution in [0.4, 0.5) is 0 Å². The molecule has 13 heavy (non-hydrogen) atoms. The van der Waals surface area contributed by atoms with Gasteiger partial charge in [0, 0.05) is 5.92 Å². The molecule has 1 aromatic carbocycles. The van der Waals surface area contributed by atoms with Crippen LogP contribution in [0.2, 0.25) is 0 Å². The molecule has 1 amide bonds. The summed E-state index contributed by atoms with van der Waals surface area (Å²) in [6.45, 7) is 0. The van der Waals surface area contributed by atoms with E-state index in [0.29, 0.717) is 0 Å². The number of rotatable bonds is 0. The average molecular weight is 177 g/mol. The summed E-state index contributed by atoms with van der Waals surface area (Å²) in [6.07, 6.45) is 0. The molecule has 0 saturated carbocycles. The van der Waals surface area contributed by atoms with Crippen molar-refractivity contribution in [1.29, 1.82) is 0 Å². The lowest BCUT2D eigenvalue weighted by atomic mass is 10.2. The van der Waals surface area contributed by atoms with Crippen LogP contribution < -0.4 is 5.73 Å². The van der Waals surface area contributed by atoms with Crippen molar-refractivity contribution < 1.29 is 15.0 Å². The Hall–Kier alpha value is -2.15. The second-order valence-corrected chi connectivity index (χ2v) is 2.29. The number of carbonyl (C=O) groups is 1. The molecule has 0 saturated heterocycles. The highest BCUT2D eigenvalue weighted by Gasteiger charge is 2.02. The lowest BCUT2D eigenvalue weighted by Gasteiger charge is -1.97. The van der Waals surface area contributed by atoms with Crippen molar-refractivity contribution in [1.82, 2.24) is 0 Å². The van der Waals surface area contributed by atoms with Gasteiger partial charge in [-0.2, -0.15) is 0 Å². The van der Waals surface area contributed by atoms with E-state index in [1.807, 2.05) is 5.92 Å². The van der Waals surface area contributed by atoms with Crippen LogP contribution in [0.3, 0.4) is 0 Å². The topological polar surface area (TPSA) is 83.6 Å². The minimum atomic E-state index is -0.817. The number of amides is 1. The van der Waals surface area contributed by atoms with Gasteiger partial charge in [-0.15, -0.1) is 0 Å². The third-order valence-corrected chi connectivity index (χ3v) is 1.33. The summed E-state index contributed by atoms with van der Waals surface area (Å²) in [5.74, 6) is 3.08. The van der Waals surface area contributed by atoms with E-state index >= 15 is 0 Å². The number of aromatic hydroxyl groups is 2. The predicted molar refractivity (Wildman–Crippen MR) is 45.8 cm³/mol. The highest BCUT2D eigenvalue weighted by Crippen LogP contribution is 2.24. The van der Waals surface area contributed by atoms with Crippen molar-refractivity contribution in [2.75, 3.05) is 0 Å². The molecule has 0 aliphatic rings. The number of nitrogens with two attached hydrogens (primary N) is 1. The number of phenolic OH excluding ortho intramolecular Hbond substituents is 2. The van der Waals surface area contributed by atoms with Crippen LogP contribution in [0.5, 0.6) is 11.5 Å². The largest absolute Gasteiger partial charge is 0.507 e. The first-order chi connectivity index (χ1) is 6.11. The molecule has 4 nitrogen and oxygen atoms in total. The van der Waals surface area contributed by atoms with Gasteiger partial charge in [0.1, 0.15) is 17.1 Å². The van der Waals surface area contributed by atoms with Gasteiger partial charge in [0.05, 0.1) is 0 Å². The molecule has 4 heteroatoms. The van der Waals surface area contributed by atoms with Crippen molar-refractivity contribution in [3.63, 3.8) is 0 Å². The van der Waals surface area contributed by atoms with E-state index in [2.05, 4.69) is 5.92 Å². The summed E-state index contributed by atoms with van der Waals surface area (Å²) in [7, 11) is 0. The van der Waals surface area contributed by atoms with Crippen molar-refractivity contribution in [2.24, 2.45) is 5.73 Å². The molecule has 0 atom stereocenters. The summed E-state index contributed by atoms with van der Waals surface area (Å²) in [5.41, 5.74) is 4.77. The molecule has 0 aromatic heterocycles. The van der Waals surface area contributed by atoms with Gasteiger partial charge in [0.2, 0.25) is 0 Å². The van der Waals surface area contributed by atoms with Gasteiger partial charge in [0.15, 0.2) is 0 Å². The highest BCUT2D eigenvalue weighted by molar-refractivity contribution is 5.92. The molecular formula is C9H7NO3. The lowest BCUT2D eigenvalue weighted by molar-refractivity contribution is -0.112. The third-order valence-electron chi connectivity index (χ3n) is 1.33. The average Bonchev–Trinajstić information content (AvgIpc) is 2.03. The summed E-state index contributed by atoms with van der Waals surface area (Å²) in [6, 6.07) is 4.16. The maximum Gasteiger partial charge on any atom is 0.293 e. The summed E-state index contributed by atoms with van der Waals surface area (Å²) < 4.78 is 0. The van der Waals surface area contributed by atoms with Gasteiger partial charge in [-0.3, -0.25) is 4.79 Å². The van der Waals surface area contributed by atoms with E-state index in [1.54, 1.807) is 0 Å². The van der Waals surface area contributed by atoms with Crippen LogP contribution in [0, 0.1) is 11.8 Å². The van der Waals surface area contributed by atoms with Gasteiger partial charge in [-0.1, -0.05) is 6.07 Å². The standard InChI is InChI=1S/C9H7NO3/c10-9(13)5-4-6-7(11)2-1-3-8(6)12/h1-3,11-12H,(H2,10,13). The van der Waals surface area contributed by atoms with Crippen molar-refractivity contribution >= 4 is 5.91 Å². The maximum absolute atomic E-state index is 10.3. The zero-order valence-electron chi connectivity index (χ0n) is 6.61. The molecular weight excluding hydrogens is 170 g/mol. The Balaban J connectivity index is 3.16. The smallest absolute Gasteiger partial charge is 0.293 e. The van der Waals surface area contributed by atoms with E-state index in [0.717, 1.165) is 0 Å². The van der Waals surface area contributed by atoms with Gasteiger partial charge < -0.3 is 15.9 Å². The van der Waals surface area contributed by atoms with Gasteiger partial charge in [0.25, 0.3) is 5.91 Å². The van der Waals surface area contributed by atoms with Crippen LogP contribution in [0.25, 0.3) is 0 Å². The van der Waals surface area contributed by atoms with E-state index in [-0.39, 0.29) is 17.1 Å². The summed E-state index contributed by atoms with van der Waals surface area (Å²) in [4.78, 5) is 10.3. The second-order valence-electron chi connectivity index (χ2n) is 2.29. The van der Waals surface area contributed by atoms with E-state index in [1.165, 1.54) is 18.2 Å². The minimum Gasteiger partial charge on any atom is -0.507 e. The van der Waals surface area contributed by atoms with Crippen LogP contribution in [0.1, 0.15) is 5.56 Å². The first-order valence-electron chi connectivity index (χ1n) is 3.43. The van der Waals surface area contributed by atoms with E-state index < -0.39 is 5.91 Å². The fourth-order valence-electron chi connectivity index (χ4n) is 0.780. The predicted octanol–water partition coefficient (Wildman–Crippen LogP) is -0.0654. The molecule has 0 bridgehead atoms. The molecule has 0 aliphatic heterocycles. The first-order valence-corrected chi connectivity index (χ1v) is 3.43. The molecule has 66 valence electrons. The van der Waals surface area contributed by atoms with Crippen LogP contribution in [-0.2, 0) is 4.79 Å². The van der Waals surface area contributed by atoms with Crippen LogP contribution in [0.15, 0.2) is 18.2 Å². The van der Waals surface area contributed by atoms with E-state index in [9.17, 15) is 15.0 Å².